The average Bonchev–Trinajstić information content (AvgIpc) is 1.07. The molecule has 2 aromatic carbocycles. The van der Waals surface area contributed by atoms with E-state index in [0.29, 0.717) is 41.8 Å². The molecule has 0 bridgehead atoms. The first-order valence-electron chi connectivity index (χ1n) is 34.1. The Morgan fingerprint density at radius 1 is 0.500 bits per heavy atom. The predicted molar refractivity (Wildman–Crippen MR) is 379 cm³/mol. The topological polar surface area (TPSA) is 605 Å². The van der Waals surface area contributed by atoms with Gasteiger partial charge >= 0.3 is 11.9 Å². The number of nitrogens with two attached hydrogens (primary N) is 4. The van der Waals surface area contributed by atoms with Crippen LogP contribution in [0.5, 0.6) is 5.75 Å². The Balaban J connectivity index is 1.87. The summed E-state index contributed by atoms with van der Waals surface area (Å²) in [4.78, 5) is 197. The molecule has 12 amide bonds. The smallest absolute Gasteiger partial charge is 0.326 e. The van der Waals surface area contributed by atoms with Crippen LogP contribution in [0.25, 0.3) is 0 Å². The maximum Gasteiger partial charge on any atom is 0.326 e. The second kappa shape index (κ2) is 46.7. The molecular formula is C67H103N17O19S. The molecule has 36 nitrogen and oxygen atoms in total. The minimum Gasteiger partial charge on any atom is -0.508 e. The quantitative estimate of drug-likeness (QED) is 0.0237. The normalized spacial score (nSPS) is 14.9. The number of aliphatic carboxylic acids is 2. The molecule has 0 fully saturated rings. The third kappa shape index (κ3) is 32.7. The Hall–Kier alpha value is -9.82. The van der Waals surface area contributed by atoms with Gasteiger partial charge in [0, 0.05) is 44.0 Å². The molecule has 25 N–H and O–H groups in total. The maximum atomic E-state index is 14.5. The second-order valence-electron chi connectivity index (χ2n) is 25.4. The number of aromatic amines is 1. The first-order valence-corrected chi connectivity index (χ1v) is 35.5. The number of hydrogen-bond donors (Lipinski definition) is 21. The number of aliphatic hydroxyl groups is 2. The average molecular weight is 1480 g/mol. The summed E-state index contributed by atoms with van der Waals surface area (Å²) in [6.45, 7) is 4.97. The number of carboxylic acid groups (broad SMARTS) is 2. The van der Waals surface area contributed by atoms with Crippen LogP contribution in [-0.4, -0.2) is 229 Å². The number of H-pyrrole nitrogens is 1. The van der Waals surface area contributed by atoms with Gasteiger partial charge in [-0.2, -0.15) is 11.8 Å². The van der Waals surface area contributed by atoms with E-state index < -0.39 is 194 Å². The van der Waals surface area contributed by atoms with E-state index >= 15 is 0 Å². The highest BCUT2D eigenvalue weighted by Gasteiger charge is 2.38. The van der Waals surface area contributed by atoms with Crippen LogP contribution in [0.1, 0.15) is 122 Å². The Bertz CT molecular complexity index is 3300. The number of aromatic hydroxyl groups is 1. The van der Waals surface area contributed by atoms with Crippen molar-refractivity contribution in [2.24, 2.45) is 28.9 Å². The van der Waals surface area contributed by atoms with Gasteiger partial charge in [0.15, 0.2) is 0 Å². The number of aromatic nitrogens is 2. The standard InChI is InChI=1S/C67H103N17O19S/c1-36(2)29-49(80-64(99)51(31-40-17-19-42(87)20-18-40)82-66(101)55(38(4)86)84-57(92)43(70)32-41-33-72-35-73-41)62(97)77-46(21-23-53(71)88)58(93)74-37(3)56(91)83-52(34-85)65(100)78-47(22-24-54(89)90)61(96)75-45(16-10-12-27-69)60(95)81-50(30-39-13-7-6-8-14-39)63(98)76-44(15-9-11-26-68)59(94)79-48(67(102)103)25-28-104-5/h6-8,13-14,17-20,33,35-38,43-52,55,85-87H,9-12,15-16,21-32,34,68-70H2,1-5H3,(H2,71,88)(H,72,73)(H,74,93)(H,75,96)(H,76,98)(H,77,97)(H,78,100)(H,79,94)(H,80,99)(H,81,95)(H,82,101)(H,83,91)(H,84,92)(H,89,90)(H,102,103). The number of carbonyl (C=O) groups is 14. The van der Waals surface area contributed by atoms with Crippen molar-refractivity contribution in [1.82, 2.24) is 68.5 Å². The molecule has 0 aliphatic carbocycles. The van der Waals surface area contributed by atoms with Gasteiger partial charge in [-0.05, 0) is 132 Å². The molecule has 0 spiro atoms. The summed E-state index contributed by atoms with van der Waals surface area (Å²) >= 11 is 1.36. The fraction of sp³-hybridized carbons (Fsp3) is 0.567. The number of nitrogens with zero attached hydrogens (tertiary/aromatic N) is 1. The summed E-state index contributed by atoms with van der Waals surface area (Å²) in [5, 5.41) is 77.8. The van der Waals surface area contributed by atoms with Crippen LogP contribution in [0, 0.1) is 5.92 Å². The van der Waals surface area contributed by atoms with E-state index in [4.69, 9.17) is 22.9 Å². The number of phenols is 1. The van der Waals surface area contributed by atoms with Crippen LogP contribution >= 0.6 is 11.8 Å². The largest absolute Gasteiger partial charge is 0.508 e. The number of carboxylic acids is 2. The molecule has 1 heterocycles. The van der Waals surface area contributed by atoms with Crippen molar-refractivity contribution in [2.75, 3.05) is 31.7 Å². The number of amides is 12. The molecule has 0 saturated heterocycles. The van der Waals surface area contributed by atoms with Gasteiger partial charge in [-0.15, -0.1) is 0 Å². The van der Waals surface area contributed by atoms with Crippen LogP contribution in [0.4, 0.5) is 0 Å². The van der Waals surface area contributed by atoms with E-state index in [9.17, 15) is 92.7 Å². The number of benzene rings is 2. The molecule has 37 heteroatoms. The minimum atomic E-state index is -1.92. The first kappa shape index (κ1) is 88.4. The third-order valence-electron chi connectivity index (χ3n) is 16.2. The minimum absolute atomic E-state index is 0.0224. The summed E-state index contributed by atoms with van der Waals surface area (Å²) < 4.78 is 0. The van der Waals surface area contributed by atoms with Gasteiger partial charge in [-0.25, -0.2) is 9.78 Å². The lowest BCUT2D eigenvalue weighted by atomic mass is 9.99. The molecule has 0 saturated carbocycles. The van der Waals surface area contributed by atoms with E-state index in [1.807, 2.05) is 0 Å². The fourth-order valence-electron chi connectivity index (χ4n) is 10.4. The molecule has 0 aliphatic heterocycles. The summed E-state index contributed by atoms with van der Waals surface area (Å²) in [5.74, 6) is -14.8. The molecule has 576 valence electrons. The number of hydrogen-bond acceptors (Lipinski definition) is 22. The van der Waals surface area contributed by atoms with Crippen LogP contribution in [0.15, 0.2) is 67.1 Å². The van der Waals surface area contributed by atoms with E-state index in [0.717, 1.165) is 6.92 Å². The zero-order valence-corrected chi connectivity index (χ0v) is 59.8. The molecule has 3 aromatic rings. The van der Waals surface area contributed by atoms with Crippen LogP contribution in [-0.2, 0) is 86.4 Å². The van der Waals surface area contributed by atoms with Crippen LogP contribution in [0.3, 0.4) is 0 Å². The molecule has 1 aromatic heterocycles. The van der Waals surface area contributed by atoms with Crippen molar-refractivity contribution in [3.8, 4) is 5.75 Å². The van der Waals surface area contributed by atoms with Crippen molar-refractivity contribution < 1.29 is 92.7 Å². The maximum absolute atomic E-state index is 14.5. The molecular weight excluding hydrogens is 1380 g/mol. The number of nitrogens with one attached hydrogen (secondary N) is 12. The molecule has 0 radical (unpaired) electrons. The molecule has 13 unspecified atom stereocenters. The lowest BCUT2D eigenvalue weighted by molar-refractivity contribution is -0.142. The van der Waals surface area contributed by atoms with Crippen molar-refractivity contribution in [1.29, 1.82) is 0 Å². The first-order chi connectivity index (χ1) is 49.3. The van der Waals surface area contributed by atoms with Crippen molar-refractivity contribution in [3.05, 3.63) is 83.9 Å². The van der Waals surface area contributed by atoms with E-state index in [-0.39, 0.29) is 76.1 Å². The van der Waals surface area contributed by atoms with Gasteiger partial charge in [-0.3, -0.25) is 62.3 Å². The fourth-order valence-corrected chi connectivity index (χ4v) is 10.8. The van der Waals surface area contributed by atoms with E-state index in [1.54, 1.807) is 50.4 Å². The SMILES string of the molecule is CSCCC(NC(=O)C(CCCCN)NC(=O)C(Cc1ccccc1)NC(=O)C(CCCCN)NC(=O)C(CCC(=O)O)NC(=O)C(CO)NC(=O)C(C)NC(=O)C(CCC(N)=O)NC(=O)C(CC(C)C)NC(=O)C(Cc1ccc(O)cc1)NC(=O)C(NC(=O)C(N)Cc1cnc[nH]1)C(C)O)C(=O)O. The van der Waals surface area contributed by atoms with Gasteiger partial charge < -0.3 is 112 Å². The number of phenolic OH excluding ortho intramolecular Hbond substituents is 1. The van der Waals surface area contributed by atoms with E-state index in [1.165, 1.54) is 55.5 Å². The highest BCUT2D eigenvalue weighted by molar-refractivity contribution is 7.98. The number of aliphatic hydroxyl groups excluding tert-OH is 2. The zero-order valence-electron chi connectivity index (χ0n) is 59.0. The molecule has 3 rings (SSSR count). The lowest BCUT2D eigenvalue weighted by Crippen LogP contribution is -2.61. The number of thioether (sulfide) groups is 1. The number of imidazole rings is 1. The highest BCUT2D eigenvalue weighted by Crippen LogP contribution is 2.16. The van der Waals surface area contributed by atoms with Gasteiger partial charge in [-0.1, -0.05) is 56.3 Å². The molecule has 0 aliphatic rings. The van der Waals surface area contributed by atoms with Gasteiger partial charge in [0.05, 0.1) is 25.1 Å². The second-order valence-corrected chi connectivity index (χ2v) is 26.4. The summed E-state index contributed by atoms with van der Waals surface area (Å²) in [6.07, 6.45) is 1.42. The molecule has 13 atom stereocenters. The highest BCUT2D eigenvalue weighted by atomic mass is 32.2. The Kier molecular flexibility index (Phi) is 39.7. The van der Waals surface area contributed by atoms with Crippen molar-refractivity contribution >= 4 is 94.6 Å². The Morgan fingerprint density at radius 2 is 0.942 bits per heavy atom. The molecule has 104 heavy (non-hydrogen) atoms. The summed E-state index contributed by atoms with van der Waals surface area (Å²) in [5.41, 5.74) is 24.5. The van der Waals surface area contributed by atoms with Crippen molar-refractivity contribution in [3.63, 3.8) is 0 Å². The number of unbranched alkanes of at least 4 members (excludes halogenated alkanes) is 2. The van der Waals surface area contributed by atoms with Crippen molar-refractivity contribution in [2.45, 2.75) is 203 Å². The zero-order chi connectivity index (χ0) is 77.6. The van der Waals surface area contributed by atoms with Gasteiger partial charge in [0.25, 0.3) is 0 Å². The number of primary amides is 1. The Labute approximate surface area is 606 Å². The monoisotopic (exact) mass is 1480 g/mol. The number of carbonyl (C=O) groups excluding carboxylic acids is 12. The number of rotatable bonds is 50. The summed E-state index contributed by atoms with van der Waals surface area (Å²) in [7, 11) is 0. The van der Waals surface area contributed by atoms with Crippen LogP contribution in [0.2, 0.25) is 0 Å². The summed E-state index contributed by atoms with van der Waals surface area (Å²) in [6, 6.07) is -4.53. The third-order valence-corrected chi connectivity index (χ3v) is 16.8. The van der Waals surface area contributed by atoms with Crippen LogP contribution < -0.4 is 81.4 Å². The van der Waals surface area contributed by atoms with Gasteiger partial charge in [0.1, 0.15) is 72.2 Å². The van der Waals surface area contributed by atoms with E-state index in [2.05, 4.69) is 68.5 Å². The Morgan fingerprint density at radius 3 is 1.40 bits per heavy atom. The predicted octanol–water partition coefficient (Wildman–Crippen LogP) is -4.53. The van der Waals surface area contributed by atoms with Gasteiger partial charge in [0.2, 0.25) is 70.9 Å². The lowest BCUT2D eigenvalue weighted by Gasteiger charge is -2.28.